The number of rotatable bonds is 6. The van der Waals surface area contributed by atoms with Crippen molar-refractivity contribution < 1.29 is 24.2 Å². The number of carboxylic acid groups (broad SMARTS) is 1. The fourth-order valence-electron chi connectivity index (χ4n) is 2.24. The fourth-order valence-corrected chi connectivity index (χ4v) is 2.24. The van der Waals surface area contributed by atoms with Gasteiger partial charge >= 0.3 is 11.9 Å². The molecule has 1 N–H and O–H groups in total. The Morgan fingerprint density at radius 2 is 1.86 bits per heavy atom. The smallest absolute Gasteiger partial charge is 0.350 e. The van der Waals surface area contributed by atoms with Gasteiger partial charge in [0.25, 0.3) is 5.60 Å². The molecule has 0 amide bonds. The van der Waals surface area contributed by atoms with Crippen molar-refractivity contribution in [2.45, 2.75) is 52.2 Å². The fraction of sp³-hybridized carbons (Fsp3) is 0.529. The van der Waals surface area contributed by atoms with Crippen LogP contribution in [0.3, 0.4) is 0 Å². The molecule has 5 nitrogen and oxygen atoms in total. The van der Waals surface area contributed by atoms with E-state index in [9.17, 15) is 14.7 Å². The highest BCUT2D eigenvalue weighted by Gasteiger charge is 2.51. The first-order valence-corrected chi connectivity index (χ1v) is 7.27. The van der Waals surface area contributed by atoms with E-state index in [1.165, 1.54) is 0 Å². The third kappa shape index (κ3) is 4.56. The number of ether oxygens (including phenoxy) is 2. The van der Waals surface area contributed by atoms with E-state index in [-0.39, 0.29) is 13.0 Å². The van der Waals surface area contributed by atoms with Gasteiger partial charge in [0.2, 0.25) is 0 Å². The number of aryl methyl sites for hydroxylation is 1. The molecule has 1 atom stereocenters. The Hall–Kier alpha value is -1.88. The number of aliphatic carboxylic acids is 1. The Labute approximate surface area is 131 Å². The first-order chi connectivity index (χ1) is 10.1. The van der Waals surface area contributed by atoms with Crippen molar-refractivity contribution >= 4 is 11.9 Å². The Morgan fingerprint density at radius 3 is 2.32 bits per heavy atom. The molecule has 0 spiro atoms. The van der Waals surface area contributed by atoms with Gasteiger partial charge < -0.3 is 14.6 Å². The Balaban J connectivity index is 3.29. The Bertz CT molecular complexity index is 544. The molecule has 0 heterocycles. The van der Waals surface area contributed by atoms with Crippen LogP contribution in [0.1, 0.15) is 38.8 Å². The lowest BCUT2D eigenvalue weighted by Gasteiger charge is -2.34. The van der Waals surface area contributed by atoms with Crippen molar-refractivity contribution in [3.05, 3.63) is 35.4 Å². The van der Waals surface area contributed by atoms with Gasteiger partial charge in [0.1, 0.15) is 0 Å². The molecule has 0 bridgehead atoms. The number of carboxylic acids is 1. The second-order valence-electron chi connectivity index (χ2n) is 6.23. The van der Waals surface area contributed by atoms with Gasteiger partial charge in [-0.3, -0.25) is 0 Å². The summed E-state index contributed by atoms with van der Waals surface area (Å²) in [5.41, 5.74) is -1.17. The van der Waals surface area contributed by atoms with E-state index in [1.54, 1.807) is 33.8 Å². The van der Waals surface area contributed by atoms with Gasteiger partial charge in [-0.1, -0.05) is 29.8 Å². The van der Waals surface area contributed by atoms with Crippen LogP contribution in [0.25, 0.3) is 0 Å². The van der Waals surface area contributed by atoms with Crippen LogP contribution >= 0.6 is 0 Å². The molecule has 0 saturated heterocycles. The van der Waals surface area contributed by atoms with Crippen molar-refractivity contribution in [1.29, 1.82) is 0 Å². The summed E-state index contributed by atoms with van der Waals surface area (Å²) in [5.74, 6) is -2.22. The summed E-state index contributed by atoms with van der Waals surface area (Å²) in [6.45, 7) is 8.75. The minimum atomic E-state index is -2.05. The lowest BCUT2D eigenvalue weighted by molar-refractivity contribution is -0.203. The quantitative estimate of drug-likeness (QED) is 0.646. The Morgan fingerprint density at radius 1 is 1.23 bits per heavy atom. The molecule has 0 aliphatic rings. The second kappa shape index (κ2) is 6.92. The minimum Gasteiger partial charge on any atom is -0.479 e. The van der Waals surface area contributed by atoms with Crippen molar-refractivity contribution in [2.24, 2.45) is 0 Å². The highest BCUT2D eigenvalue weighted by molar-refractivity contribution is 6.03. The van der Waals surface area contributed by atoms with Crippen molar-refractivity contribution in [1.82, 2.24) is 0 Å². The minimum absolute atomic E-state index is 0.0832. The Kier molecular flexibility index (Phi) is 5.72. The molecular formula is C17H24O5. The van der Waals surface area contributed by atoms with Gasteiger partial charge in [-0.05, 0) is 40.2 Å². The number of hydrogen-bond acceptors (Lipinski definition) is 4. The number of carbonyl (C=O) groups excluding carboxylic acids is 1. The van der Waals surface area contributed by atoms with Crippen LogP contribution in [0.15, 0.2) is 24.3 Å². The number of carbonyl (C=O) groups is 2. The molecular weight excluding hydrogens is 284 g/mol. The number of esters is 1. The van der Waals surface area contributed by atoms with Gasteiger partial charge in [0.15, 0.2) is 0 Å². The summed E-state index contributed by atoms with van der Waals surface area (Å²) >= 11 is 0. The largest absolute Gasteiger partial charge is 0.479 e. The average Bonchev–Trinajstić information content (AvgIpc) is 2.36. The van der Waals surface area contributed by atoms with Crippen LogP contribution in [0, 0.1) is 6.92 Å². The lowest BCUT2D eigenvalue weighted by atomic mass is 9.92. The number of hydrogen-bond donors (Lipinski definition) is 1. The summed E-state index contributed by atoms with van der Waals surface area (Å²) in [6, 6.07) is 7.33. The van der Waals surface area contributed by atoms with Crippen molar-refractivity contribution in [3.8, 4) is 0 Å². The summed E-state index contributed by atoms with van der Waals surface area (Å²) in [7, 11) is 0. The van der Waals surface area contributed by atoms with E-state index in [4.69, 9.17) is 9.47 Å². The van der Waals surface area contributed by atoms with E-state index in [0.717, 1.165) is 5.56 Å². The molecule has 1 aromatic carbocycles. The molecule has 0 aliphatic carbocycles. The third-order valence-corrected chi connectivity index (χ3v) is 2.97. The van der Waals surface area contributed by atoms with Gasteiger partial charge in [-0.25, -0.2) is 9.59 Å². The summed E-state index contributed by atoms with van der Waals surface area (Å²) in [4.78, 5) is 24.2. The maximum Gasteiger partial charge on any atom is 0.350 e. The molecule has 0 fully saturated rings. The van der Waals surface area contributed by atoms with Crippen LogP contribution in [-0.2, 0) is 25.5 Å². The monoisotopic (exact) mass is 308 g/mol. The van der Waals surface area contributed by atoms with Gasteiger partial charge in [0.05, 0.1) is 12.2 Å². The molecule has 1 rings (SSSR count). The van der Waals surface area contributed by atoms with E-state index in [0.29, 0.717) is 5.56 Å². The lowest BCUT2D eigenvalue weighted by Crippen LogP contribution is -2.55. The summed E-state index contributed by atoms with van der Waals surface area (Å²) < 4.78 is 10.6. The standard InChI is InChI=1S/C17H24O5/c1-6-21-15(20)17(14(18)19,22-16(3,4)5)11-13-9-7-8-12(2)10-13/h7-10H,6,11H2,1-5H3,(H,18,19). The molecule has 0 radical (unpaired) electrons. The highest BCUT2D eigenvalue weighted by atomic mass is 16.6. The molecule has 5 heteroatoms. The zero-order chi connectivity index (χ0) is 17.0. The van der Waals surface area contributed by atoms with E-state index < -0.39 is 23.1 Å². The molecule has 122 valence electrons. The highest BCUT2D eigenvalue weighted by Crippen LogP contribution is 2.27. The summed E-state index contributed by atoms with van der Waals surface area (Å²) in [5, 5.41) is 9.69. The molecule has 22 heavy (non-hydrogen) atoms. The molecule has 0 saturated carbocycles. The zero-order valence-corrected chi connectivity index (χ0v) is 13.8. The van der Waals surface area contributed by atoms with Crippen LogP contribution in [-0.4, -0.2) is 34.9 Å². The van der Waals surface area contributed by atoms with Gasteiger partial charge in [0, 0.05) is 6.42 Å². The van der Waals surface area contributed by atoms with Crippen molar-refractivity contribution in [2.75, 3.05) is 6.61 Å². The predicted molar refractivity (Wildman–Crippen MR) is 82.7 cm³/mol. The van der Waals surface area contributed by atoms with Crippen LogP contribution in [0.4, 0.5) is 0 Å². The van der Waals surface area contributed by atoms with Gasteiger partial charge in [-0.15, -0.1) is 0 Å². The normalized spacial score (nSPS) is 14.2. The zero-order valence-electron chi connectivity index (χ0n) is 13.8. The second-order valence-corrected chi connectivity index (χ2v) is 6.23. The van der Waals surface area contributed by atoms with Crippen LogP contribution in [0.2, 0.25) is 0 Å². The van der Waals surface area contributed by atoms with E-state index in [2.05, 4.69) is 0 Å². The van der Waals surface area contributed by atoms with Crippen LogP contribution in [0.5, 0.6) is 0 Å². The van der Waals surface area contributed by atoms with E-state index >= 15 is 0 Å². The summed E-state index contributed by atoms with van der Waals surface area (Å²) in [6.07, 6.45) is -0.0832. The molecule has 1 unspecified atom stereocenters. The maximum absolute atomic E-state index is 12.3. The number of benzene rings is 1. The maximum atomic E-state index is 12.3. The van der Waals surface area contributed by atoms with Crippen molar-refractivity contribution in [3.63, 3.8) is 0 Å². The average molecular weight is 308 g/mol. The predicted octanol–water partition coefficient (Wildman–Crippen LogP) is 2.74. The third-order valence-electron chi connectivity index (χ3n) is 2.97. The topological polar surface area (TPSA) is 72.8 Å². The molecule has 0 aromatic heterocycles. The van der Waals surface area contributed by atoms with E-state index in [1.807, 2.05) is 25.1 Å². The molecule has 1 aromatic rings. The first kappa shape index (κ1) is 18.2. The van der Waals surface area contributed by atoms with Gasteiger partial charge in [-0.2, -0.15) is 0 Å². The van der Waals surface area contributed by atoms with Crippen LogP contribution < -0.4 is 0 Å². The SMILES string of the molecule is CCOC(=O)C(Cc1cccc(C)c1)(OC(C)(C)C)C(=O)O. The first-order valence-electron chi connectivity index (χ1n) is 7.27. The molecule has 0 aliphatic heterocycles.